The molecule has 0 aromatic carbocycles. The molecule has 0 atom stereocenters. The van der Waals surface area contributed by atoms with E-state index in [1.165, 1.54) is 13.8 Å². The van der Waals surface area contributed by atoms with Crippen molar-refractivity contribution in [2.75, 3.05) is 0 Å². The number of carbonyl (C=O) groups excluding carboxylic acids is 5. The minimum absolute atomic E-state index is 0. The summed E-state index contributed by atoms with van der Waals surface area (Å²) < 4.78 is 0. The largest absolute Gasteiger partial charge is 0.481 e. The molecular weight excluding hydrogens is 400 g/mol. The summed E-state index contributed by atoms with van der Waals surface area (Å²) in [6.45, 7) is 18.7. The Kier molecular flexibility index (Phi) is 17.2. The molecular formula is C24H44O7. The zero-order valence-corrected chi connectivity index (χ0v) is 20.5. The molecule has 182 valence electrons. The number of Topliss-reactive ketones (excluding diaryl/α,β-unsaturated/α-hetero) is 5. The summed E-state index contributed by atoms with van der Waals surface area (Å²) in [5.41, 5.74) is -1.33. The maximum Gasteiger partial charge on any atom is 0.310 e. The highest BCUT2D eigenvalue weighted by Gasteiger charge is 2.24. The van der Waals surface area contributed by atoms with Crippen LogP contribution in [-0.2, 0) is 28.8 Å². The van der Waals surface area contributed by atoms with E-state index in [1.54, 1.807) is 41.5 Å². The molecule has 0 aliphatic carbocycles. The molecule has 0 radical (unpaired) electrons. The second-order valence-electron chi connectivity index (χ2n) is 10.3. The monoisotopic (exact) mass is 444 g/mol. The Hall–Kier alpha value is -2.18. The smallest absolute Gasteiger partial charge is 0.310 e. The molecule has 31 heavy (non-hydrogen) atoms. The summed E-state index contributed by atoms with van der Waals surface area (Å²) >= 11 is 0. The van der Waals surface area contributed by atoms with Crippen LogP contribution in [0.4, 0.5) is 0 Å². The number of ketones is 5. The first-order chi connectivity index (χ1) is 13.0. The molecule has 0 unspecified atom stereocenters. The van der Waals surface area contributed by atoms with Gasteiger partial charge in [-0.05, 0) is 6.92 Å². The molecule has 7 heteroatoms. The van der Waals surface area contributed by atoms with Gasteiger partial charge in [0.1, 0.15) is 23.8 Å². The molecule has 0 spiro atoms. The van der Waals surface area contributed by atoms with Gasteiger partial charge in [-0.1, -0.05) is 69.7 Å². The highest BCUT2D eigenvalue weighted by Crippen LogP contribution is 2.17. The van der Waals surface area contributed by atoms with Gasteiger partial charge in [0.15, 0.2) is 5.78 Å². The highest BCUT2D eigenvalue weighted by molar-refractivity contribution is 6.37. The Bertz CT molecular complexity index is 636. The summed E-state index contributed by atoms with van der Waals surface area (Å²) in [4.78, 5) is 63.9. The van der Waals surface area contributed by atoms with E-state index in [2.05, 4.69) is 0 Å². The van der Waals surface area contributed by atoms with E-state index in [4.69, 9.17) is 5.11 Å². The summed E-state index contributed by atoms with van der Waals surface area (Å²) in [7, 11) is 0. The van der Waals surface area contributed by atoms with Crippen molar-refractivity contribution in [2.45, 2.75) is 103 Å². The van der Waals surface area contributed by atoms with Gasteiger partial charge in [0.05, 0.1) is 0 Å². The van der Waals surface area contributed by atoms with Crippen molar-refractivity contribution in [2.24, 2.45) is 16.2 Å². The van der Waals surface area contributed by atoms with Crippen molar-refractivity contribution in [1.82, 2.24) is 0 Å². The maximum absolute atomic E-state index is 11.2. The minimum Gasteiger partial charge on any atom is -0.481 e. The average Bonchev–Trinajstić information content (AvgIpc) is 2.49. The number of aliphatic carboxylic acids is 1. The molecule has 7 nitrogen and oxygen atoms in total. The van der Waals surface area contributed by atoms with Crippen molar-refractivity contribution in [3.8, 4) is 0 Å². The number of carboxylic acids is 1. The van der Waals surface area contributed by atoms with Crippen LogP contribution < -0.4 is 0 Å². The van der Waals surface area contributed by atoms with Gasteiger partial charge in [0.25, 0.3) is 0 Å². The van der Waals surface area contributed by atoms with Gasteiger partial charge in [0, 0.05) is 36.0 Å². The highest BCUT2D eigenvalue weighted by atomic mass is 16.4. The van der Waals surface area contributed by atoms with Crippen molar-refractivity contribution in [1.29, 1.82) is 0 Å². The van der Waals surface area contributed by atoms with Crippen LogP contribution in [0.25, 0.3) is 0 Å². The molecule has 0 aliphatic rings. The summed E-state index contributed by atoms with van der Waals surface area (Å²) in [6, 6.07) is 0. The van der Waals surface area contributed by atoms with Gasteiger partial charge in [-0.2, -0.15) is 0 Å². The number of rotatable bonds is 6. The minimum atomic E-state index is -1.06. The normalized spacial score (nSPS) is 10.8. The van der Waals surface area contributed by atoms with E-state index in [0.29, 0.717) is 12.8 Å². The maximum atomic E-state index is 11.2. The quantitative estimate of drug-likeness (QED) is 0.458. The van der Waals surface area contributed by atoms with E-state index in [9.17, 15) is 28.8 Å². The van der Waals surface area contributed by atoms with Gasteiger partial charge < -0.3 is 9.90 Å². The van der Waals surface area contributed by atoms with E-state index in [1.807, 2.05) is 20.8 Å². The first-order valence-electron chi connectivity index (χ1n) is 9.86. The average molecular weight is 445 g/mol. The Balaban J connectivity index is -0.000000174. The summed E-state index contributed by atoms with van der Waals surface area (Å²) in [5.74, 6) is -1.71. The van der Waals surface area contributed by atoms with Crippen LogP contribution in [0.3, 0.4) is 0 Å². The van der Waals surface area contributed by atoms with E-state index >= 15 is 0 Å². The van der Waals surface area contributed by atoms with Crippen LogP contribution in [-0.4, -0.2) is 40.0 Å². The summed E-state index contributed by atoms with van der Waals surface area (Å²) in [5, 5.41) is 8.23. The van der Waals surface area contributed by atoms with Crippen LogP contribution in [0.1, 0.15) is 103 Å². The second-order valence-corrected chi connectivity index (χ2v) is 10.3. The molecule has 0 bridgehead atoms. The SMILES string of the molecule is C.CC(=O)C(=O)C(C)(C)C.CC(=O)CCC(=O)C(C)(C)C.CC(C)(C)C(=O)CC(=O)O. The fourth-order valence-electron chi connectivity index (χ4n) is 1.60. The van der Waals surface area contributed by atoms with Gasteiger partial charge in [-0.15, -0.1) is 0 Å². The molecule has 0 aliphatic heterocycles. The van der Waals surface area contributed by atoms with E-state index < -0.39 is 16.8 Å². The predicted molar refractivity (Wildman–Crippen MR) is 123 cm³/mol. The first-order valence-corrected chi connectivity index (χ1v) is 9.86. The van der Waals surface area contributed by atoms with Crippen LogP contribution in [0.2, 0.25) is 0 Å². The third kappa shape index (κ3) is 22.3. The zero-order chi connectivity index (χ0) is 25.1. The summed E-state index contributed by atoms with van der Waals surface area (Å²) in [6.07, 6.45) is 0.401. The lowest BCUT2D eigenvalue weighted by Crippen LogP contribution is -2.26. The van der Waals surface area contributed by atoms with Gasteiger partial charge in [-0.3, -0.25) is 24.0 Å². The lowest BCUT2D eigenvalue weighted by molar-refractivity contribution is -0.142. The van der Waals surface area contributed by atoms with E-state index in [-0.39, 0.29) is 48.2 Å². The van der Waals surface area contributed by atoms with Crippen LogP contribution >= 0.6 is 0 Å². The van der Waals surface area contributed by atoms with Crippen molar-refractivity contribution >= 4 is 34.9 Å². The van der Waals surface area contributed by atoms with Crippen molar-refractivity contribution in [3.05, 3.63) is 0 Å². The molecule has 0 heterocycles. The standard InChI is InChI=1S/C9H16O2.C7H12O3.C7H12O2.CH4/c1-7(10)5-6-8(11)9(2,3)4;1-7(2,3)5(8)4-6(9)10;1-5(8)6(9)7(2,3)4;/h5-6H2,1-4H3;4H2,1-3H3,(H,9,10);1-4H3;1H4. The molecule has 0 aromatic rings. The van der Waals surface area contributed by atoms with Crippen molar-refractivity contribution < 1.29 is 33.9 Å². The first kappa shape index (κ1) is 36.2. The van der Waals surface area contributed by atoms with Gasteiger partial charge >= 0.3 is 5.97 Å². The third-order valence-electron chi connectivity index (χ3n) is 3.69. The number of hydrogen-bond acceptors (Lipinski definition) is 6. The second kappa shape index (κ2) is 14.8. The van der Waals surface area contributed by atoms with Crippen LogP contribution in [0.15, 0.2) is 0 Å². The molecule has 0 saturated carbocycles. The topological polar surface area (TPSA) is 123 Å². The van der Waals surface area contributed by atoms with Crippen LogP contribution in [0, 0.1) is 16.2 Å². The molecule has 0 amide bonds. The number of carboxylic acid groups (broad SMARTS) is 1. The third-order valence-corrected chi connectivity index (χ3v) is 3.69. The van der Waals surface area contributed by atoms with E-state index in [0.717, 1.165) is 0 Å². The molecule has 0 fully saturated rings. The lowest BCUT2D eigenvalue weighted by atomic mass is 9.88. The fourth-order valence-corrected chi connectivity index (χ4v) is 1.60. The zero-order valence-electron chi connectivity index (χ0n) is 20.5. The molecule has 0 saturated heterocycles. The van der Waals surface area contributed by atoms with Crippen LogP contribution in [0.5, 0.6) is 0 Å². The lowest BCUT2D eigenvalue weighted by Gasteiger charge is -2.15. The Morgan fingerprint density at radius 2 is 0.968 bits per heavy atom. The van der Waals surface area contributed by atoms with Gasteiger partial charge in [-0.25, -0.2) is 0 Å². The molecule has 0 aromatic heterocycles. The molecule has 1 N–H and O–H groups in total. The molecule has 0 rings (SSSR count). The number of carbonyl (C=O) groups is 6. The Morgan fingerprint density at radius 3 is 1.10 bits per heavy atom. The van der Waals surface area contributed by atoms with Crippen molar-refractivity contribution in [3.63, 3.8) is 0 Å². The Morgan fingerprint density at radius 1 is 0.613 bits per heavy atom. The van der Waals surface area contributed by atoms with Gasteiger partial charge in [0.2, 0.25) is 5.78 Å². The number of hydrogen-bond donors (Lipinski definition) is 1. The fraction of sp³-hybridized carbons (Fsp3) is 0.750. The Labute approximate surface area is 188 Å². The predicted octanol–water partition coefficient (Wildman–Crippen LogP) is 4.87.